The van der Waals surface area contributed by atoms with Gasteiger partial charge in [-0.1, -0.05) is 24.3 Å². The van der Waals surface area contributed by atoms with Crippen LogP contribution in [-0.4, -0.2) is 96.0 Å². The number of phenolic OH excluding ortho intramolecular Hbond substituents is 1. The number of likely N-dealkylation sites (N-methyl/N-ethyl adjacent to an activating group) is 1. The van der Waals surface area contributed by atoms with Gasteiger partial charge in [0.15, 0.2) is 0 Å². The van der Waals surface area contributed by atoms with Gasteiger partial charge < -0.3 is 34.2 Å². The summed E-state index contributed by atoms with van der Waals surface area (Å²) in [7, 11) is 3.97. The van der Waals surface area contributed by atoms with Crippen LogP contribution in [0.25, 0.3) is 10.8 Å². The molecular formula is C32H41N7O4. The maximum absolute atomic E-state index is 13.0. The summed E-state index contributed by atoms with van der Waals surface area (Å²) in [6.07, 6.45) is 0.480. The molecule has 11 heteroatoms. The topological polar surface area (TPSA) is 118 Å². The third-order valence-corrected chi connectivity index (χ3v) is 7.70. The number of rotatable bonds is 7. The molecule has 2 aliphatic heterocycles. The van der Waals surface area contributed by atoms with Gasteiger partial charge in [-0.25, -0.2) is 4.79 Å². The highest BCUT2D eigenvalue weighted by Crippen LogP contribution is 2.37. The fourth-order valence-corrected chi connectivity index (χ4v) is 5.67. The van der Waals surface area contributed by atoms with Crippen molar-refractivity contribution in [1.29, 1.82) is 5.26 Å². The summed E-state index contributed by atoms with van der Waals surface area (Å²) in [6, 6.07) is 13.9. The van der Waals surface area contributed by atoms with Crippen molar-refractivity contribution in [3.63, 3.8) is 0 Å². The van der Waals surface area contributed by atoms with Gasteiger partial charge >= 0.3 is 12.1 Å². The van der Waals surface area contributed by atoms with Crippen molar-refractivity contribution in [2.24, 2.45) is 0 Å². The molecule has 2 aromatic carbocycles. The zero-order valence-electron chi connectivity index (χ0n) is 25.7. The molecule has 0 saturated carbocycles. The molecule has 0 aliphatic carbocycles. The van der Waals surface area contributed by atoms with E-state index in [4.69, 9.17) is 19.4 Å². The molecule has 1 fully saturated rings. The molecule has 5 rings (SSSR count). The van der Waals surface area contributed by atoms with Crippen LogP contribution in [-0.2, 0) is 17.7 Å². The highest BCUT2D eigenvalue weighted by molar-refractivity contribution is 5.95. The lowest BCUT2D eigenvalue weighted by molar-refractivity contribution is 0.0144. The van der Waals surface area contributed by atoms with Gasteiger partial charge in [-0.05, 0) is 52.7 Å². The first-order chi connectivity index (χ1) is 20.5. The minimum atomic E-state index is -0.622. The lowest BCUT2D eigenvalue weighted by Crippen LogP contribution is -2.56. The van der Waals surface area contributed by atoms with Gasteiger partial charge in [-0.2, -0.15) is 15.2 Å². The van der Waals surface area contributed by atoms with Crippen LogP contribution in [0.3, 0.4) is 0 Å². The van der Waals surface area contributed by atoms with E-state index < -0.39 is 11.7 Å². The molecule has 0 spiro atoms. The number of anilines is 2. The van der Waals surface area contributed by atoms with Crippen molar-refractivity contribution < 1.29 is 19.4 Å². The summed E-state index contributed by atoms with van der Waals surface area (Å²) in [5.41, 5.74) is 2.25. The van der Waals surface area contributed by atoms with E-state index in [2.05, 4.69) is 21.9 Å². The van der Waals surface area contributed by atoms with Crippen molar-refractivity contribution in [1.82, 2.24) is 19.8 Å². The fourth-order valence-electron chi connectivity index (χ4n) is 5.67. The van der Waals surface area contributed by atoms with E-state index in [9.17, 15) is 15.2 Å². The summed E-state index contributed by atoms with van der Waals surface area (Å²) in [5.74, 6) is 1.01. The maximum atomic E-state index is 13.0. The Morgan fingerprint density at radius 1 is 1.14 bits per heavy atom. The van der Waals surface area contributed by atoms with E-state index in [0.29, 0.717) is 45.2 Å². The molecule has 3 aromatic rings. The second kappa shape index (κ2) is 12.5. The van der Waals surface area contributed by atoms with Gasteiger partial charge in [-0.15, -0.1) is 0 Å². The number of benzene rings is 2. The number of hydrogen-bond acceptors (Lipinski definition) is 10. The standard InChI is InChI=1S/C32H41N7O4/c1-32(2,3)43-31(41)39-15-14-38(20-23(39)10-12-33)29-26-11-13-37(21-27(26)34-30(35-29)42-17-16-36(4)5)28-19-24(40)18-22-8-6-7-9-25(22)28/h6-9,18-19,23,40H,10-11,13-17,20-21H2,1-5H3. The number of phenols is 1. The van der Waals surface area contributed by atoms with E-state index >= 15 is 0 Å². The van der Waals surface area contributed by atoms with Gasteiger partial charge in [0.25, 0.3) is 0 Å². The first-order valence-corrected chi connectivity index (χ1v) is 14.8. The summed E-state index contributed by atoms with van der Waals surface area (Å²) >= 11 is 0. The molecule has 2 aliphatic rings. The number of nitrogens with zero attached hydrogens (tertiary/aromatic N) is 7. The molecule has 0 radical (unpaired) electrons. The molecule has 1 N–H and O–H groups in total. The molecule has 11 nitrogen and oxygen atoms in total. The number of aromatic nitrogens is 2. The number of fused-ring (bicyclic) bond motifs is 2. The largest absolute Gasteiger partial charge is 0.508 e. The SMILES string of the molecule is CN(C)CCOc1nc2c(c(N3CCN(C(=O)OC(C)(C)C)C(CC#N)C3)n1)CCN(c1cc(O)cc3ccccc13)C2. The summed E-state index contributed by atoms with van der Waals surface area (Å²) in [4.78, 5) is 30.8. The van der Waals surface area contributed by atoms with E-state index in [1.165, 1.54) is 0 Å². The predicted octanol–water partition coefficient (Wildman–Crippen LogP) is 4.18. The third kappa shape index (κ3) is 7.03. The second-order valence-electron chi connectivity index (χ2n) is 12.4. The Morgan fingerprint density at radius 2 is 1.93 bits per heavy atom. The predicted molar refractivity (Wildman–Crippen MR) is 166 cm³/mol. The van der Waals surface area contributed by atoms with Crippen molar-refractivity contribution >= 4 is 28.4 Å². The summed E-state index contributed by atoms with van der Waals surface area (Å²) in [5, 5.41) is 22.1. The van der Waals surface area contributed by atoms with Crippen LogP contribution in [0.15, 0.2) is 36.4 Å². The zero-order valence-corrected chi connectivity index (χ0v) is 25.7. The Kier molecular flexibility index (Phi) is 8.78. The summed E-state index contributed by atoms with van der Waals surface area (Å²) in [6.45, 7) is 9.34. The Balaban J connectivity index is 1.46. The monoisotopic (exact) mass is 587 g/mol. The quantitative estimate of drug-likeness (QED) is 0.431. The minimum Gasteiger partial charge on any atom is -0.508 e. The average molecular weight is 588 g/mol. The van der Waals surface area contributed by atoms with Gasteiger partial charge in [0, 0.05) is 55.4 Å². The third-order valence-electron chi connectivity index (χ3n) is 7.70. The average Bonchev–Trinajstić information content (AvgIpc) is 2.95. The van der Waals surface area contributed by atoms with Crippen LogP contribution >= 0.6 is 0 Å². The molecule has 228 valence electrons. The molecular weight excluding hydrogens is 546 g/mol. The van der Waals surface area contributed by atoms with Crippen LogP contribution in [0.1, 0.15) is 38.4 Å². The van der Waals surface area contributed by atoms with Crippen LogP contribution in [0.5, 0.6) is 11.8 Å². The smallest absolute Gasteiger partial charge is 0.410 e. The number of amides is 1. The molecule has 1 atom stereocenters. The van der Waals surface area contributed by atoms with Gasteiger partial charge in [0.1, 0.15) is 23.8 Å². The van der Waals surface area contributed by atoms with Crippen molar-refractivity contribution in [2.75, 3.05) is 63.2 Å². The summed E-state index contributed by atoms with van der Waals surface area (Å²) < 4.78 is 11.7. The fraction of sp³-hybridized carbons (Fsp3) is 0.500. The Bertz CT molecular complexity index is 1510. The van der Waals surface area contributed by atoms with Crippen molar-refractivity contribution in [3.8, 4) is 17.8 Å². The van der Waals surface area contributed by atoms with E-state index in [-0.39, 0.29) is 18.2 Å². The Labute approximate surface area is 253 Å². The lowest BCUT2D eigenvalue weighted by atomic mass is 10.0. The second-order valence-corrected chi connectivity index (χ2v) is 12.4. The minimum absolute atomic E-state index is 0.188. The number of piperazine rings is 1. The van der Waals surface area contributed by atoms with Gasteiger partial charge in [-0.3, -0.25) is 0 Å². The molecule has 0 bridgehead atoms. The van der Waals surface area contributed by atoms with Crippen LogP contribution < -0.4 is 14.5 Å². The van der Waals surface area contributed by atoms with Crippen molar-refractivity contribution in [3.05, 3.63) is 47.7 Å². The highest BCUT2D eigenvalue weighted by atomic mass is 16.6. The number of ether oxygens (including phenoxy) is 2. The number of carbonyl (C=O) groups excluding carboxylic acids is 1. The number of aromatic hydroxyl groups is 1. The maximum Gasteiger partial charge on any atom is 0.410 e. The normalized spacial score (nSPS) is 17.1. The molecule has 1 amide bonds. The van der Waals surface area contributed by atoms with Crippen LogP contribution in [0, 0.1) is 11.3 Å². The number of nitriles is 1. The van der Waals surface area contributed by atoms with Gasteiger partial charge in [0.05, 0.1) is 30.8 Å². The van der Waals surface area contributed by atoms with Crippen molar-refractivity contribution in [2.45, 2.75) is 51.8 Å². The molecule has 3 heterocycles. The Hall–Kier alpha value is -4.30. The van der Waals surface area contributed by atoms with E-state index in [1.54, 1.807) is 11.0 Å². The van der Waals surface area contributed by atoms with Crippen LogP contribution in [0.2, 0.25) is 0 Å². The zero-order chi connectivity index (χ0) is 30.7. The molecule has 43 heavy (non-hydrogen) atoms. The van der Waals surface area contributed by atoms with Crippen LogP contribution in [0.4, 0.5) is 16.3 Å². The lowest BCUT2D eigenvalue weighted by Gasteiger charge is -2.42. The first-order valence-electron chi connectivity index (χ1n) is 14.8. The molecule has 1 aromatic heterocycles. The number of carbonyl (C=O) groups is 1. The highest BCUT2D eigenvalue weighted by Gasteiger charge is 2.36. The molecule has 1 saturated heterocycles. The Morgan fingerprint density at radius 3 is 2.67 bits per heavy atom. The van der Waals surface area contributed by atoms with E-state index in [1.807, 2.05) is 64.0 Å². The molecule has 1 unspecified atom stereocenters. The number of hydrogen-bond donors (Lipinski definition) is 1. The first kappa shape index (κ1) is 30.2. The van der Waals surface area contributed by atoms with Gasteiger partial charge in [0.2, 0.25) is 0 Å². The van der Waals surface area contributed by atoms with E-state index in [0.717, 1.165) is 46.6 Å².